The number of morpholine rings is 1. The third kappa shape index (κ3) is 3.67. The van der Waals surface area contributed by atoms with Gasteiger partial charge in [0, 0.05) is 32.4 Å². The number of nitrogens with one attached hydrogen (secondary N) is 1. The van der Waals surface area contributed by atoms with Crippen LogP contribution in [0.2, 0.25) is 0 Å². The van der Waals surface area contributed by atoms with Crippen LogP contribution in [-0.4, -0.2) is 52.9 Å². The molecule has 0 radical (unpaired) electrons. The summed E-state index contributed by atoms with van der Waals surface area (Å²) in [6.07, 6.45) is 1.71. The summed E-state index contributed by atoms with van der Waals surface area (Å²) in [6.45, 7) is 2.96. The number of nitrogens with two attached hydrogens (primary N) is 1. The smallest absolute Gasteiger partial charge is 0.227 e. The Balaban J connectivity index is 1.46. The van der Waals surface area contributed by atoms with E-state index in [4.69, 9.17) is 20.2 Å². The minimum absolute atomic E-state index is 0.436. The van der Waals surface area contributed by atoms with Gasteiger partial charge in [-0.1, -0.05) is 12.1 Å². The number of imidazole rings is 1. The number of para-hydroxylation sites is 2. The Labute approximate surface area is 185 Å². The highest BCUT2D eigenvalue weighted by atomic mass is 16.5. The van der Waals surface area contributed by atoms with Crippen LogP contribution < -0.4 is 20.7 Å². The summed E-state index contributed by atoms with van der Waals surface area (Å²) in [5.41, 5.74) is 11.4. The molecule has 1 aliphatic rings. The normalized spacial score (nSPS) is 14.0. The molecule has 1 aliphatic heterocycles. The van der Waals surface area contributed by atoms with E-state index in [0.717, 1.165) is 41.3 Å². The van der Waals surface area contributed by atoms with E-state index in [9.17, 15) is 0 Å². The minimum atomic E-state index is 0.436. The molecular formula is C23H25N7O2. The predicted octanol–water partition coefficient (Wildman–Crippen LogP) is 3.20. The molecule has 0 spiro atoms. The number of fused-ring (bicyclic) bond motifs is 1. The van der Waals surface area contributed by atoms with Crippen molar-refractivity contribution in [3.8, 4) is 17.3 Å². The first-order valence-corrected chi connectivity index (χ1v) is 10.5. The van der Waals surface area contributed by atoms with Gasteiger partial charge in [0.1, 0.15) is 11.4 Å². The summed E-state index contributed by atoms with van der Waals surface area (Å²) in [6, 6.07) is 13.6. The Kier molecular flexibility index (Phi) is 5.24. The number of rotatable bonds is 5. The van der Waals surface area contributed by atoms with Gasteiger partial charge in [0.25, 0.3) is 0 Å². The fraction of sp³-hybridized carbons (Fsp3) is 0.261. The fourth-order valence-electron chi connectivity index (χ4n) is 3.97. The Morgan fingerprint density at radius 2 is 1.91 bits per heavy atom. The van der Waals surface area contributed by atoms with Crippen LogP contribution >= 0.6 is 0 Å². The summed E-state index contributed by atoms with van der Waals surface area (Å²) in [7, 11) is 3.62. The molecule has 2 aromatic carbocycles. The number of ether oxygens (including phenoxy) is 2. The second kappa shape index (κ2) is 8.35. The van der Waals surface area contributed by atoms with E-state index in [1.54, 1.807) is 13.3 Å². The summed E-state index contributed by atoms with van der Waals surface area (Å²) in [4.78, 5) is 16.0. The van der Waals surface area contributed by atoms with Crippen LogP contribution in [0.3, 0.4) is 0 Å². The Morgan fingerprint density at radius 3 is 2.69 bits per heavy atom. The molecule has 0 saturated carbocycles. The van der Waals surface area contributed by atoms with Crippen molar-refractivity contribution in [3.05, 3.63) is 48.7 Å². The van der Waals surface area contributed by atoms with Crippen LogP contribution in [0.5, 0.6) is 5.75 Å². The van der Waals surface area contributed by atoms with Crippen molar-refractivity contribution in [2.45, 2.75) is 0 Å². The number of aromatic nitrogens is 4. The van der Waals surface area contributed by atoms with E-state index in [1.165, 1.54) is 0 Å². The highest BCUT2D eigenvalue weighted by molar-refractivity contribution is 5.81. The second-order valence-corrected chi connectivity index (χ2v) is 7.58. The van der Waals surface area contributed by atoms with Crippen molar-refractivity contribution in [2.75, 3.05) is 49.4 Å². The highest BCUT2D eigenvalue weighted by Gasteiger charge is 2.18. The zero-order chi connectivity index (χ0) is 22.1. The lowest BCUT2D eigenvalue weighted by Crippen LogP contribution is -2.36. The quantitative estimate of drug-likeness (QED) is 0.465. The average Bonchev–Trinajstić information content (AvgIpc) is 3.17. The molecular weight excluding hydrogens is 406 g/mol. The van der Waals surface area contributed by atoms with Gasteiger partial charge in [0.05, 0.1) is 48.4 Å². The van der Waals surface area contributed by atoms with Crippen molar-refractivity contribution < 1.29 is 9.47 Å². The van der Waals surface area contributed by atoms with Gasteiger partial charge in [-0.05, 0) is 24.3 Å². The van der Waals surface area contributed by atoms with Gasteiger partial charge in [-0.15, -0.1) is 0 Å². The lowest BCUT2D eigenvalue weighted by Gasteiger charge is -2.30. The molecule has 164 valence electrons. The molecule has 3 N–H and O–H groups in total. The number of anilines is 4. The van der Waals surface area contributed by atoms with Gasteiger partial charge in [0.2, 0.25) is 5.95 Å². The van der Waals surface area contributed by atoms with Gasteiger partial charge >= 0.3 is 0 Å². The molecule has 0 aliphatic carbocycles. The molecule has 0 unspecified atom stereocenters. The van der Waals surface area contributed by atoms with Crippen LogP contribution in [0, 0.1) is 0 Å². The Hall–Kier alpha value is -3.85. The van der Waals surface area contributed by atoms with Crippen molar-refractivity contribution in [3.63, 3.8) is 0 Å². The molecule has 5 rings (SSSR count). The van der Waals surface area contributed by atoms with Crippen molar-refractivity contribution in [1.82, 2.24) is 19.5 Å². The zero-order valence-electron chi connectivity index (χ0n) is 18.1. The third-order valence-electron chi connectivity index (χ3n) is 5.62. The van der Waals surface area contributed by atoms with Crippen LogP contribution in [0.4, 0.5) is 23.0 Å². The number of methoxy groups -OCH3 is 1. The van der Waals surface area contributed by atoms with Gasteiger partial charge < -0.3 is 30.0 Å². The van der Waals surface area contributed by atoms with Crippen LogP contribution in [-0.2, 0) is 11.8 Å². The summed E-state index contributed by atoms with van der Waals surface area (Å²) >= 11 is 0. The molecule has 0 atom stereocenters. The summed E-state index contributed by atoms with van der Waals surface area (Å²) in [5.74, 6) is 1.87. The lowest BCUT2D eigenvalue weighted by molar-refractivity contribution is 0.123. The molecule has 3 heterocycles. The standard InChI is InChI=1S/C23H25N7O2/c1-29-19-6-4-3-5-16(19)26-22(29)17-7-8-25-23(27-17)28-18-13-15(24)20(14-21(18)31-2)30-9-11-32-12-10-30/h3-8,13-14H,9-12,24H2,1-2H3,(H,25,27,28). The summed E-state index contributed by atoms with van der Waals surface area (Å²) in [5, 5.41) is 3.25. The third-order valence-corrected chi connectivity index (χ3v) is 5.62. The van der Waals surface area contributed by atoms with Gasteiger partial charge in [-0.25, -0.2) is 15.0 Å². The predicted molar refractivity (Wildman–Crippen MR) is 125 cm³/mol. The maximum atomic E-state index is 6.38. The van der Waals surface area contributed by atoms with E-state index in [1.807, 2.05) is 54.1 Å². The fourth-order valence-corrected chi connectivity index (χ4v) is 3.97. The number of nitrogen functional groups attached to an aromatic ring is 1. The van der Waals surface area contributed by atoms with E-state index in [2.05, 4.69) is 20.2 Å². The molecule has 2 aromatic heterocycles. The molecule has 0 bridgehead atoms. The highest BCUT2D eigenvalue weighted by Crippen LogP contribution is 2.37. The van der Waals surface area contributed by atoms with Crippen molar-refractivity contribution in [2.24, 2.45) is 7.05 Å². The van der Waals surface area contributed by atoms with Gasteiger partial charge in [-0.2, -0.15) is 0 Å². The van der Waals surface area contributed by atoms with E-state index in [-0.39, 0.29) is 0 Å². The lowest BCUT2D eigenvalue weighted by atomic mass is 10.2. The maximum absolute atomic E-state index is 6.38. The molecule has 9 nitrogen and oxygen atoms in total. The minimum Gasteiger partial charge on any atom is -0.494 e. The largest absolute Gasteiger partial charge is 0.494 e. The number of hydrogen-bond donors (Lipinski definition) is 2. The van der Waals surface area contributed by atoms with Crippen LogP contribution in [0.25, 0.3) is 22.6 Å². The second-order valence-electron chi connectivity index (χ2n) is 7.58. The van der Waals surface area contributed by atoms with Crippen molar-refractivity contribution in [1.29, 1.82) is 0 Å². The number of hydrogen-bond acceptors (Lipinski definition) is 8. The molecule has 9 heteroatoms. The summed E-state index contributed by atoms with van der Waals surface area (Å²) < 4.78 is 13.1. The Bertz CT molecular complexity index is 1260. The number of benzene rings is 2. The number of aryl methyl sites for hydroxylation is 1. The topological polar surface area (TPSA) is 103 Å². The SMILES string of the molecule is COc1cc(N2CCOCC2)c(N)cc1Nc1nccc(-c2nc3ccccc3n2C)n1. The first kappa shape index (κ1) is 20.1. The van der Waals surface area contributed by atoms with Crippen molar-refractivity contribution >= 4 is 34.0 Å². The van der Waals surface area contributed by atoms with Gasteiger partial charge in [-0.3, -0.25) is 0 Å². The molecule has 1 fully saturated rings. The monoisotopic (exact) mass is 431 g/mol. The average molecular weight is 432 g/mol. The molecule has 0 amide bonds. The van der Waals surface area contributed by atoms with Gasteiger partial charge in [0.15, 0.2) is 5.82 Å². The maximum Gasteiger partial charge on any atom is 0.227 e. The van der Waals surface area contributed by atoms with Crippen LogP contribution in [0.1, 0.15) is 0 Å². The zero-order valence-corrected chi connectivity index (χ0v) is 18.1. The Morgan fingerprint density at radius 1 is 1.09 bits per heavy atom. The number of nitrogens with zero attached hydrogens (tertiary/aromatic N) is 5. The first-order chi connectivity index (χ1) is 15.6. The van der Waals surface area contributed by atoms with Crippen LogP contribution in [0.15, 0.2) is 48.7 Å². The first-order valence-electron chi connectivity index (χ1n) is 10.5. The van der Waals surface area contributed by atoms with E-state index in [0.29, 0.717) is 36.3 Å². The van der Waals surface area contributed by atoms with E-state index < -0.39 is 0 Å². The molecule has 4 aromatic rings. The molecule has 1 saturated heterocycles. The van der Waals surface area contributed by atoms with E-state index >= 15 is 0 Å². The molecule has 32 heavy (non-hydrogen) atoms.